The number of hydrogen-bond donors (Lipinski definition) is 0. The van der Waals surface area contributed by atoms with Gasteiger partial charge in [0.15, 0.2) is 0 Å². The quantitative estimate of drug-likeness (QED) is 0.809. The Morgan fingerprint density at radius 1 is 1.27 bits per heavy atom. The molecule has 0 aliphatic heterocycles. The van der Waals surface area contributed by atoms with Gasteiger partial charge in [0.1, 0.15) is 11.4 Å². The van der Waals surface area contributed by atoms with Crippen molar-refractivity contribution in [3.63, 3.8) is 0 Å². The topological polar surface area (TPSA) is 61.0 Å². The van der Waals surface area contributed by atoms with Crippen LogP contribution in [0.25, 0.3) is 11.5 Å². The minimum atomic E-state index is 0.220. The van der Waals surface area contributed by atoms with Gasteiger partial charge in [0.05, 0.1) is 6.61 Å². The van der Waals surface area contributed by atoms with Gasteiger partial charge >= 0.3 is 0 Å². The van der Waals surface area contributed by atoms with E-state index in [2.05, 4.69) is 15.1 Å². The van der Waals surface area contributed by atoms with Crippen LogP contribution in [0.4, 0.5) is 0 Å². The molecule has 2 heterocycles. The van der Waals surface area contributed by atoms with Crippen molar-refractivity contribution in [3.05, 3.63) is 23.7 Å². The van der Waals surface area contributed by atoms with Crippen molar-refractivity contribution in [2.45, 2.75) is 51.4 Å². The number of rotatable bonds is 6. The maximum atomic E-state index is 6.05. The second-order valence-electron chi connectivity index (χ2n) is 6.75. The molecule has 22 heavy (non-hydrogen) atoms. The van der Waals surface area contributed by atoms with E-state index in [4.69, 9.17) is 9.26 Å². The lowest BCUT2D eigenvalue weighted by atomic mass is 10.1. The van der Waals surface area contributed by atoms with Gasteiger partial charge in [0.25, 0.3) is 0 Å². The maximum Gasteiger partial charge on any atom is 0.229 e. The van der Waals surface area contributed by atoms with Gasteiger partial charge in [0, 0.05) is 23.7 Å². The summed E-state index contributed by atoms with van der Waals surface area (Å²) in [5.74, 6) is 3.72. The molecule has 5 nitrogen and oxygen atoms in total. The summed E-state index contributed by atoms with van der Waals surface area (Å²) in [6, 6.07) is 1.98. The summed E-state index contributed by atoms with van der Waals surface area (Å²) in [5, 5.41) is 4.04. The standard InChI is InChI=1S/C17H21N3O2/c1-10(2)17-19-16(20-22-17)14-7-15(21-9-11-3-4-11)13(8-18-14)12-5-6-12/h7-8,10-12H,3-6,9H2,1-2H3. The smallest absolute Gasteiger partial charge is 0.229 e. The number of ether oxygens (including phenoxy) is 1. The minimum absolute atomic E-state index is 0.220. The van der Waals surface area contributed by atoms with E-state index < -0.39 is 0 Å². The normalized spacial score (nSPS) is 18.0. The minimum Gasteiger partial charge on any atom is -0.493 e. The summed E-state index contributed by atoms with van der Waals surface area (Å²) < 4.78 is 11.3. The van der Waals surface area contributed by atoms with Gasteiger partial charge in [0.2, 0.25) is 11.7 Å². The van der Waals surface area contributed by atoms with Crippen molar-refractivity contribution in [3.8, 4) is 17.3 Å². The largest absolute Gasteiger partial charge is 0.493 e. The third-order valence-corrected chi connectivity index (χ3v) is 4.25. The van der Waals surface area contributed by atoms with Crippen LogP contribution in [0.2, 0.25) is 0 Å². The molecule has 2 aromatic heterocycles. The van der Waals surface area contributed by atoms with Crippen LogP contribution in [0.15, 0.2) is 16.8 Å². The molecule has 0 atom stereocenters. The molecule has 2 fully saturated rings. The van der Waals surface area contributed by atoms with E-state index in [-0.39, 0.29) is 5.92 Å². The molecule has 2 aromatic rings. The average molecular weight is 299 g/mol. The number of nitrogens with zero attached hydrogens (tertiary/aromatic N) is 3. The fourth-order valence-electron chi connectivity index (χ4n) is 2.46. The summed E-state index contributed by atoms with van der Waals surface area (Å²) in [5.41, 5.74) is 1.96. The van der Waals surface area contributed by atoms with Crippen LogP contribution in [0.3, 0.4) is 0 Å². The molecular formula is C17H21N3O2. The number of hydrogen-bond acceptors (Lipinski definition) is 5. The summed E-state index contributed by atoms with van der Waals surface area (Å²) in [6.45, 7) is 4.88. The predicted octanol–water partition coefficient (Wildman–Crippen LogP) is 3.92. The molecule has 2 aliphatic carbocycles. The molecular weight excluding hydrogens is 278 g/mol. The van der Waals surface area contributed by atoms with E-state index in [1.165, 1.54) is 31.2 Å². The summed E-state index contributed by atoms with van der Waals surface area (Å²) >= 11 is 0. The van der Waals surface area contributed by atoms with Crippen molar-refractivity contribution in [2.24, 2.45) is 5.92 Å². The van der Waals surface area contributed by atoms with Gasteiger partial charge < -0.3 is 9.26 Å². The molecule has 4 rings (SSSR count). The fourth-order valence-corrected chi connectivity index (χ4v) is 2.46. The highest BCUT2D eigenvalue weighted by Gasteiger charge is 2.29. The first-order valence-electron chi connectivity index (χ1n) is 8.17. The van der Waals surface area contributed by atoms with Gasteiger partial charge in [-0.15, -0.1) is 0 Å². The molecule has 116 valence electrons. The third-order valence-electron chi connectivity index (χ3n) is 4.25. The number of pyridine rings is 1. The zero-order valence-electron chi connectivity index (χ0n) is 13.1. The summed E-state index contributed by atoms with van der Waals surface area (Å²) in [4.78, 5) is 8.94. The van der Waals surface area contributed by atoms with E-state index in [1.807, 2.05) is 26.1 Å². The van der Waals surface area contributed by atoms with Crippen LogP contribution in [0.1, 0.15) is 62.8 Å². The highest BCUT2D eigenvalue weighted by atomic mass is 16.5. The SMILES string of the molecule is CC(C)c1nc(-c2cc(OCC3CC3)c(C3CC3)cn2)no1. The van der Waals surface area contributed by atoms with E-state index in [0.717, 1.165) is 24.0 Å². The van der Waals surface area contributed by atoms with E-state index in [1.54, 1.807) is 0 Å². The van der Waals surface area contributed by atoms with E-state index >= 15 is 0 Å². The van der Waals surface area contributed by atoms with Gasteiger partial charge in [-0.3, -0.25) is 4.98 Å². The Balaban J connectivity index is 1.62. The highest BCUT2D eigenvalue weighted by molar-refractivity contribution is 5.54. The molecule has 0 unspecified atom stereocenters. The lowest BCUT2D eigenvalue weighted by Crippen LogP contribution is -2.03. The third kappa shape index (κ3) is 2.85. The van der Waals surface area contributed by atoms with E-state index in [0.29, 0.717) is 17.6 Å². The molecule has 0 N–H and O–H groups in total. The van der Waals surface area contributed by atoms with Crippen LogP contribution in [-0.4, -0.2) is 21.7 Å². The van der Waals surface area contributed by atoms with Crippen molar-refractivity contribution >= 4 is 0 Å². The number of aromatic nitrogens is 3. The van der Waals surface area contributed by atoms with Crippen LogP contribution >= 0.6 is 0 Å². The molecule has 5 heteroatoms. The Bertz CT molecular complexity index is 672. The Labute approximate surface area is 130 Å². The van der Waals surface area contributed by atoms with Crippen molar-refractivity contribution < 1.29 is 9.26 Å². The van der Waals surface area contributed by atoms with Crippen LogP contribution in [0, 0.1) is 5.92 Å². The molecule has 0 amide bonds. The van der Waals surface area contributed by atoms with Crippen molar-refractivity contribution in [2.75, 3.05) is 6.61 Å². The van der Waals surface area contributed by atoms with Gasteiger partial charge in [-0.05, 0) is 37.5 Å². The molecule has 0 bridgehead atoms. The van der Waals surface area contributed by atoms with Gasteiger partial charge in [-0.1, -0.05) is 19.0 Å². The maximum absolute atomic E-state index is 6.05. The first-order chi connectivity index (χ1) is 10.7. The lowest BCUT2D eigenvalue weighted by Gasteiger charge is -2.11. The molecule has 2 aliphatic rings. The molecule has 0 radical (unpaired) electrons. The average Bonchev–Trinajstić information content (AvgIpc) is 3.43. The van der Waals surface area contributed by atoms with Crippen LogP contribution in [-0.2, 0) is 0 Å². The molecule has 0 spiro atoms. The van der Waals surface area contributed by atoms with Crippen molar-refractivity contribution in [1.29, 1.82) is 0 Å². The zero-order chi connectivity index (χ0) is 15.1. The predicted molar refractivity (Wildman–Crippen MR) is 81.8 cm³/mol. The summed E-state index contributed by atoms with van der Waals surface area (Å²) in [6.07, 6.45) is 6.99. The molecule has 2 saturated carbocycles. The Hall–Kier alpha value is -1.91. The highest BCUT2D eigenvalue weighted by Crippen LogP contribution is 2.45. The monoisotopic (exact) mass is 299 g/mol. The fraction of sp³-hybridized carbons (Fsp3) is 0.588. The Morgan fingerprint density at radius 3 is 2.73 bits per heavy atom. The van der Waals surface area contributed by atoms with Crippen LogP contribution in [0.5, 0.6) is 5.75 Å². The molecule has 0 aromatic carbocycles. The summed E-state index contributed by atoms with van der Waals surface area (Å²) in [7, 11) is 0. The molecule has 0 saturated heterocycles. The lowest BCUT2D eigenvalue weighted by molar-refractivity contribution is 0.296. The zero-order valence-corrected chi connectivity index (χ0v) is 13.1. The second kappa shape index (κ2) is 5.38. The van der Waals surface area contributed by atoms with Crippen LogP contribution < -0.4 is 4.74 Å². The van der Waals surface area contributed by atoms with Gasteiger partial charge in [-0.25, -0.2) is 0 Å². The van der Waals surface area contributed by atoms with E-state index in [9.17, 15) is 0 Å². The van der Waals surface area contributed by atoms with Crippen molar-refractivity contribution in [1.82, 2.24) is 15.1 Å². The first-order valence-corrected chi connectivity index (χ1v) is 8.17. The van der Waals surface area contributed by atoms with Gasteiger partial charge in [-0.2, -0.15) is 4.98 Å². The second-order valence-corrected chi connectivity index (χ2v) is 6.75. The Kier molecular flexibility index (Phi) is 3.36. The first kappa shape index (κ1) is 13.7. The Morgan fingerprint density at radius 2 is 2.09 bits per heavy atom.